The van der Waals surface area contributed by atoms with Crippen molar-refractivity contribution in [2.75, 3.05) is 0 Å². The van der Waals surface area contributed by atoms with E-state index in [1.54, 1.807) is 29.4 Å². The van der Waals surface area contributed by atoms with Gasteiger partial charge in [-0.3, -0.25) is 19.9 Å². The fourth-order valence-electron chi connectivity index (χ4n) is 12.9. The number of fused-ring (bicyclic) bond motifs is 6. The predicted molar refractivity (Wildman–Crippen MR) is 360 cm³/mol. The number of hydrogen-bond donors (Lipinski definition) is 0. The van der Waals surface area contributed by atoms with Crippen molar-refractivity contribution in [2.45, 2.75) is 0 Å². The molecule has 0 spiro atoms. The summed E-state index contributed by atoms with van der Waals surface area (Å²) in [5.41, 5.74) is 13.4. The Hall–Kier alpha value is -12.5. The number of halogens is 5. The van der Waals surface area contributed by atoms with E-state index < -0.39 is 40.2 Å². The van der Waals surface area contributed by atoms with E-state index in [0.717, 1.165) is 77.8 Å². The summed E-state index contributed by atoms with van der Waals surface area (Å²) in [6.07, 6.45) is 6.96. The SMILES string of the molecule is N#Cc1c(-n2c3cc(-c4ccnc(-c5ccccc5)c4)ccc3c3ccc(-c4ccnc(-c5ccccc5)c4)cc32)ccc(-c2c(F)c(F)c(F)c(F)c2F)c1-n1c2cc(-c3ccnc(-c4ccccc4)c3)ccc2c2ccc(-c3ccnc(-c4ccccc4)c3)cc21. The van der Waals surface area contributed by atoms with Crippen molar-refractivity contribution in [1.29, 1.82) is 5.26 Å². The molecule has 0 aliphatic heterocycles. The highest BCUT2D eigenvalue weighted by atomic mass is 19.2. The highest BCUT2D eigenvalue weighted by molar-refractivity contribution is 6.14. The van der Waals surface area contributed by atoms with Crippen molar-refractivity contribution < 1.29 is 22.0 Å². The van der Waals surface area contributed by atoms with Crippen LogP contribution in [0.1, 0.15) is 5.56 Å². The molecule has 12 heteroatoms. The van der Waals surface area contributed by atoms with Crippen molar-refractivity contribution >= 4 is 43.6 Å². The Morgan fingerprint density at radius 3 is 0.882 bits per heavy atom. The first-order valence-electron chi connectivity index (χ1n) is 30.0. The molecule has 0 radical (unpaired) electrons. The van der Waals surface area contributed by atoms with Gasteiger partial charge in [-0.05, 0) is 129 Å². The van der Waals surface area contributed by atoms with Crippen LogP contribution < -0.4 is 0 Å². The van der Waals surface area contributed by atoms with Crippen LogP contribution in [0.2, 0.25) is 0 Å². The lowest BCUT2D eigenvalue weighted by atomic mass is 9.96. The van der Waals surface area contributed by atoms with Gasteiger partial charge in [0.15, 0.2) is 23.3 Å². The Morgan fingerprint density at radius 1 is 0.280 bits per heavy atom. The first-order chi connectivity index (χ1) is 45.6. The maximum absolute atomic E-state index is 17.1. The number of benzene rings is 10. The number of hydrogen-bond acceptors (Lipinski definition) is 5. The van der Waals surface area contributed by atoms with Gasteiger partial charge in [0.1, 0.15) is 11.6 Å². The molecule has 0 aliphatic carbocycles. The number of pyridine rings is 4. The molecular weight excluding hydrogens is 1170 g/mol. The van der Waals surface area contributed by atoms with Gasteiger partial charge in [-0.1, -0.05) is 170 Å². The molecule has 6 heterocycles. The molecule has 0 atom stereocenters. The summed E-state index contributed by atoms with van der Waals surface area (Å²) in [6, 6.07) is 84.0. The fraction of sp³-hybridized carbons (Fsp3) is 0. The minimum absolute atomic E-state index is 0.141. The van der Waals surface area contributed by atoms with Crippen LogP contribution in [0.3, 0.4) is 0 Å². The van der Waals surface area contributed by atoms with E-state index >= 15 is 22.0 Å². The summed E-state index contributed by atoms with van der Waals surface area (Å²) < 4.78 is 85.4. The first-order valence-corrected chi connectivity index (χ1v) is 30.0. The Bertz CT molecular complexity index is 5400. The quantitative estimate of drug-likeness (QED) is 0.0732. The standard InChI is InChI=1S/C81H46F5N7/c82-76-75(77(83)79(85)80(86)78(76)84)64-29-30-70(92-71-43-52(56-31-35-88-66(39-56)48-13-5-1-6-14-48)21-25-60(71)61-26-22-53(44-72(61)92)57-32-36-89-67(40-57)49-15-7-2-8-16-49)65(47-87)81(64)93-73-45-54(58-33-37-90-68(41-58)50-17-9-3-10-18-50)23-27-62(73)63-28-24-55(46-74(63)93)59-34-38-91-69(42-59)51-19-11-4-12-20-51/h1-46H. The summed E-state index contributed by atoms with van der Waals surface area (Å²) >= 11 is 0. The zero-order valence-corrected chi connectivity index (χ0v) is 49.1. The fourth-order valence-corrected chi connectivity index (χ4v) is 12.9. The summed E-state index contributed by atoms with van der Waals surface area (Å²) in [5, 5.41) is 15.3. The maximum Gasteiger partial charge on any atom is 0.200 e. The monoisotopic (exact) mass is 1210 g/mol. The Balaban J connectivity index is 1.02. The average molecular weight is 1210 g/mol. The van der Waals surface area contributed by atoms with Crippen LogP contribution in [0.4, 0.5) is 22.0 Å². The zero-order valence-electron chi connectivity index (χ0n) is 49.1. The molecular formula is C81H46F5N7. The predicted octanol–water partition coefficient (Wildman–Crippen LogP) is 21.0. The van der Waals surface area contributed by atoms with Crippen LogP contribution in [-0.4, -0.2) is 29.1 Å². The van der Waals surface area contributed by atoms with Gasteiger partial charge in [0, 0.05) is 74.1 Å². The molecule has 440 valence electrons. The van der Waals surface area contributed by atoms with Crippen LogP contribution in [0.5, 0.6) is 0 Å². The lowest BCUT2D eigenvalue weighted by Gasteiger charge is -2.21. The van der Waals surface area contributed by atoms with Crippen molar-refractivity contribution in [1.82, 2.24) is 29.1 Å². The Morgan fingerprint density at radius 2 is 0.570 bits per heavy atom. The second-order valence-corrected chi connectivity index (χ2v) is 22.7. The van der Waals surface area contributed by atoms with Gasteiger partial charge in [-0.15, -0.1) is 0 Å². The molecule has 7 nitrogen and oxygen atoms in total. The largest absolute Gasteiger partial charge is 0.308 e. The van der Waals surface area contributed by atoms with E-state index in [1.807, 2.05) is 247 Å². The molecule has 0 fully saturated rings. The number of aromatic nitrogens is 6. The number of nitriles is 1. The summed E-state index contributed by atoms with van der Waals surface area (Å²) in [4.78, 5) is 18.9. The molecule has 93 heavy (non-hydrogen) atoms. The third-order valence-corrected chi connectivity index (χ3v) is 17.4. The van der Waals surface area contributed by atoms with E-state index in [4.69, 9.17) is 19.9 Å². The van der Waals surface area contributed by atoms with Crippen LogP contribution in [0.25, 0.3) is 156 Å². The Kier molecular flexibility index (Phi) is 13.7. The van der Waals surface area contributed by atoms with E-state index in [9.17, 15) is 5.26 Å². The van der Waals surface area contributed by atoms with Gasteiger partial charge < -0.3 is 9.13 Å². The normalized spacial score (nSPS) is 11.5. The molecule has 0 unspecified atom stereocenters. The van der Waals surface area contributed by atoms with E-state index in [0.29, 0.717) is 55.4 Å². The summed E-state index contributed by atoms with van der Waals surface area (Å²) in [6.45, 7) is 0. The van der Waals surface area contributed by atoms with Gasteiger partial charge in [-0.2, -0.15) is 5.26 Å². The van der Waals surface area contributed by atoms with Gasteiger partial charge in [0.2, 0.25) is 5.82 Å². The minimum Gasteiger partial charge on any atom is -0.308 e. The zero-order chi connectivity index (χ0) is 62.8. The van der Waals surface area contributed by atoms with Crippen LogP contribution in [0.15, 0.2) is 280 Å². The highest BCUT2D eigenvalue weighted by Gasteiger charge is 2.32. The summed E-state index contributed by atoms with van der Waals surface area (Å²) in [7, 11) is 0. The van der Waals surface area contributed by atoms with Crippen molar-refractivity contribution in [3.63, 3.8) is 0 Å². The molecule has 0 saturated heterocycles. The second kappa shape index (κ2) is 22.8. The molecule has 16 rings (SSSR count). The molecule has 6 aromatic heterocycles. The first kappa shape index (κ1) is 55.8. The van der Waals surface area contributed by atoms with Gasteiger partial charge >= 0.3 is 0 Å². The molecule has 0 amide bonds. The maximum atomic E-state index is 17.1. The number of nitrogens with zero attached hydrogens (tertiary/aromatic N) is 7. The lowest BCUT2D eigenvalue weighted by molar-refractivity contribution is 0.381. The minimum atomic E-state index is -2.31. The molecule has 0 aliphatic rings. The topological polar surface area (TPSA) is 85.2 Å². The van der Waals surface area contributed by atoms with Gasteiger partial charge in [0.05, 0.1) is 61.8 Å². The van der Waals surface area contributed by atoms with E-state index in [2.05, 4.69) is 6.07 Å². The van der Waals surface area contributed by atoms with Crippen LogP contribution in [0, 0.1) is 40.4 Å². The van der Waals surface area contributed by atoms with Crippen LogP contribution in [-0.2, 0) is 0 Å². The third-order valence-electron chi connectivity index (χ3n) is 17.4. The average Bonchev–Trinajstić information content (AvgIpc) is 1.62. The molecule has 0 saturated carbocycles. The van der Waals surface area contributed by atoms with Crippen LogP contribution >= 0.6 is 0 Å². The Labute approximate surface area is 529 Å². The molecule has 0 bridgehead atoms. The lowest BCUT2D eigenvalue weighted by Crippen LogP contribution is -2.10. The van der Waals surface area contributed by atoms with Crippen molar-refractivity contribution in [3.8, 4) is 118 Å². The van der Waals surface area contributed by atoms with Crippen molar-refractivity contribution in [3.05, 3.63) is 314 Å². The summed E-state index contributed by atoms with van der Waals surface area (Å²) in [5.74, 6) is -10.7. The smallest absolute Gasteiger partial charge is 0.200 e. The molecule has 0 N–H and O–H groups in total. The van der Waals surface area contributed by atoms with E-state index in [1.165, 1.54) is 12.1 Å². The van der Waals surface area contributed by atoms with E-state index in [-0.39, 0.29) is 16.9 Å². The molecule has 10 aromatic carbocycles. The highest BCUT2D eigenvalue weighted by Crippen LogP contribution is 2.47. The number of rotatable bonds is 11. The third kappa shape index (κ3) is 9.66. The molecule has 16 aromatic rings. The van der Waals surface area contributed by atoms with Gasteiger partial charge in [-0.25, -0.2) is 22.0 Å². The van der Waals surface area contributed by atoms with Crippen molar-refractivity contribution in [2.24, 2.45) is 0 Å². The van der Waals surface area contributed by atoms with Gasteiger partial charge in [0.25, 0.3) is 0 Å². The second-order valence-electron chi connectivity index (χ2n) is 22.7.